The van der Waals surface area contributed by atoms with Crippen LogP contribution in [0.5, 0.6) is 0 Å². The Kier molecular flexibility index (Phi) is 5.13. The lowest BCUT2D eigenvalue weighted by atomic mass is 10.1. The van der Waals surface area contributed by atoms with Crippen LogP contribution in [0.2, 0.25) is 5.02 Å². The van der Waals surface area contributed by atoms with Crippen molar-refractivity contribution in [3.63, 3.8) is 0 Å². The fourth-order valence-corrected chi connectivity index (χ4v) is 1.54. The van der Waals surface area contributed by atoms with Crippen molar-refractivity contribution in [1.82, 2.24) is 0 Å². The van der Waals surface area contributed by atoms with Gasteiger partial charge in [-0.1, -0.05) is 37.9 Å². The summed E-state index contributed by atoms with van der Waals surface area (Å²) in [5.41, 5.74) is 2.43. The molecule has 15 heavy (non-hydrogen) atoms. The van der Waals surface area contributed by atoms with E-state index in [-0.39, 0.29) is 0 Å². The second kappa shape index (κ2) is 6.14. The monoisotopic (exact) mass is 226 g/mol. The molecule has 0 N–H and O–H groups in total. The van der Waals surface area contributed by atoms with Crippen molar-refractivity contribution in [3.05, 3.63) is 34.3 Å². The molecular weight excluding hydrogens is 208 g/mol. The minimum atomic E-state index is 0.637. The van der Waals surface area contributed by atoms with E-state index in [0.29, 0.717) is 12.5 Å². The normalized spacial score (nSPS) is 12.8. The first-order valence-corrected chi connectivity index (χ1v) is 5.84. The van der Waals surface area contributed by atoms with Crippen LogP contribution in [0, 0.1) is 12.8 Å². The van der Waals surface area contributed by atoms with Gasteiger partial charge in [0.15, 0.2) is 0 Å². The van der Waals surface area contributed by atoms with Crippen LogP contribution in [0.15, 0.2) is 18.2 Å². The Morgan fingerprint density at radius 3 is 2.73 bits per heavy atom. The van der Waals surface area contributed by atoms with Gasteiger partial charge < -0.3 is 4.74 Å². The van der Waals surface area contributed by atoms with Gasteiger partial charge in [-0.25, -0.2) is 0 Å². The van der Waals surface area contributed by atoms with Gasteiger partial charge in [-0.3, -0.25) is 0 Å². The van der Waals surface area contributed by atoms with E-state index in [0.717, 1.165) is 11.6 Å². The van der Waals surface area contributed by atoms with Gasteiger partial charge in [0, 0.05) is 11.6 Å². The smallest absolute Gasteiger partial charge is 0.0719 e. The van der Waals surface area contributed by atoms with Crippen molar-refractivity contribution in [3.8, 4) is 0 Å². The zero-order valence-corrected chi connectivity index (χ0v) is 10.5. The number of hydrogen-bond acceptors (Lipinski definition) is 1. The summed E-state index contributed by atoms with van der Waals surface area (Å²) in [5, 5.41) is 0.790. The lowest BCUT2D eigenvalue weighted by Crippen LogP contribution is -2.05. The summed E-state index contributed by atoms with van der Waals surface area (Å²) in [5.74, 6) is 0.637. The minimum absolute atomic E-state index is 0.637. The van der Waals surface area contributed by atoms with Gasteiger partial charge in [0.2, 0.25) is 0 Å². The van der Waals surface area contributed by atoms with E-state index in [4.69, 9.17) is 16.3 Å². The molecule has 1 rings (SSSR count). The fraction of sp³-hybridized carbons (Fsp3) is 0.538. The molecule has 0 spiro atoms. The third-order valence-corrected chi connectivity index (χ3v) is 2.90. The van der Waals surface area contributed by atoms with Crippen molar-refractivity contribution in [2.45, 2.75) is 33.8 Å². The number of benzene rings is 1. The summed E-state index contributed by atoms with van der Waals surface area (Å²) < 4.78 is 5.65. The Hall–Kier alpha value is -0.530. The molecule has 84 valence electrons. The molecule has 0 aliphatic rings. The highest BCUT2D eigenvalue weighted by Gasteiger charge is 2.02. The predicted molar refractivity (Wildman–Crippen MR) is 65.3 cm³/mol. The maximum atomic E-state index is 5.88. The van der Waals surface area contributed by atoms with E-state index in [9.17, 15) is 0 Å². The maximum absolute atomic E-state index is 5.88. The van der Waals surface area contributed by atoms with Gasteiger partial charge in [-0.2, -0.15) is 0 Å². The van der Waals surface area contributed by atoms with Gasteiger partial charge in [-0.05, 0) is 36.1 Å². The van der Waals surface area contributed by atoms with Crippen molar-refractivity contribution in [2.75, 3.05) is 6.61 Å². The lowest BCUT2D eigenvalue weighted by molar-refractivity contribution is 0.0907. The molecule has 0 amide bonds. The number of rotatable bonds is 5. The number of ether oxygens (including phenoxy) is 1. The molecule has 0 aliphatic heterocycles. The molecule has 0 saturated heterocycles. The van der Waals surface area contributed by atoms with E-state index >= 15 is 0 Å². The molecule has 1 nitrogen and oxygen atoms in total. The average Bonchev–Trinajstić information content (AvgIpc) is 2.21. The van der Waals surface area contributed by atoms with Gasteiger partial charge in [0.25, 0.3) is 0 Å². The first-order valence-electron chi connectivity index (χ1n) is 5.46. The molecule has 0 aliphatic carbocycles. The molecule has 0 aromatic heterocycles. The van der Waals surface area contributed by atoms with Crippen molar-refractivity contribution < 1.29 is 4.74 Å². The molecule has 0 heterocycles. The van der Waals surface area contributed by atoms with E-state index in [1.807, 2.05) is 18.2 Å². The predicted octanol–water partition coefficient (Wildman–Crippen LogP) is 4.21. The summed E-state index contributed by atoms with van der Waals surface area (Å²) >= 11 is 5.88. The van der Waals surface area contributed by atoms with Gasteiger partial charge in [0.05, 0.1) is 6.61 Å². The first-order chi connectivity index (χ1) is 7.13. The molecule has 0 saturated carbocycles. The van der Waals surface area contributed by atoms with Crippen LogP contribution in [0.1, 0.15) is 31.4 Å². The highest BCUT2D eigenvalue weighted by Crippen LogP contribution is 2.16. The largest absolute Gasteiger partial charge is 0.376 e. The van der Waals surface area contributed by atoms with Crippen molar-refractivity contribution in [2.24, 2.45) is 5.92 Å². The summed E-state index contributed by atoms with van der Waals surface area (Å²) in [6, 6.07) is 5.92. The zero-order chi connectivity index (χ0) is 11.3. The summed E-state index contributed by atoms with van der Waals surface area (Å²) in [7, 11) is 0. The molecule has 1 unspecified atom stereocenters. The first kappa shape index (κ1) is 12.5. The number of halogens is 1. The molecule has 1 atom stereocenters. The zero-order valence-electron chi connectivity index (χ0n) is 9.72. The molecule has 0 radical (unpaired) electrons. The number of aryl methyl sites for hydroxylation is 1. The Labute approximate surface area is 97.4 Å². The van der Waals surface area contributed by atoms with Crippen LogP contribution in [-0.2, 0) is 11.3 Å². The molecule has 0 bridgehead atoms. The van der Waals surface area contributed by atoms with E-state index in [1.165, 1.54) is 17.5 Å². The fourth-order valence-electron chi connectivity index (χ4n) is 1.31. The lowest BCUT2D eigenvalue weighted by Gasteiger charge is -2.11. The van der Waals surface area contributed by atoms with E-state index < -0.39 is 0 Å². The van der Waals surface area contributed by atoms with E-state index in [2.05, 4.69) is 20.8 Å². The summed E-state index contributed by atoms with van der Waals surface area (Å²) in [6.07, 6.45) is 1.17. The van der Waals surface area contributed by atoms with Crippen molar-refractivity contribution in [1.29, 1.82) is 0 Å². The Bertz CT molecular complexity index is 309. The van der Waals surface area contributed by atoms with Crippen LogP contribution in [0.3, 0.4) is 0 Å². The van der Waals surface area contributed by atoms with Crippen LogP contribution < -0.4 is 0 Å². The SMILES string of the molecule is CCC(C)COCc1ccc(Cl)cc1C. The Morgan fingerprint density at radius 2 is 2.13 bits per heavy atom. The quantitative estimate of drug-likeness (QED) is 0.731. The Balaban J connectivity index is 2.44. The van der Waals surface area contributed by atoms with E-state index in [1.54, 1.807) is 0 Å². The second-order valence-electron chi connectivity index (χ2n) is 4.10. The highest BCUT2D eigenvalue weighted by molar-refractivity contribution is 6.30. The van der Waals surface area contributed by atoms with Gasteiger partial charge >= 0.3 is 0 Å². The standard InChI is InChI=1S/C13H19ClO/c1-4-10(2)8-15-9-12-5-6-13(14)7-11(12)3/h5-7,10H,4,8-9H2,1-3H3. The van der Waals surface area contributed by atoms with Gasteiger partial charge in [0.1, 0.15) is 0 Å². The molecule has 2 heteroatoms. The maximum Gasteiger partial charge on any atom is 0.0719 e. The second-order valence-corrected chi connectivity index (χ2v) is 4.54. The molecule has 1 aromatic carbocycles. The number of hydrogen-bond donors (Lipinski definition) is 0. The van der Waals surface area contributed by atoms with Crippen molar-refractivity contribution >= 4 is 11.6 Å². The minimum Gasteiger partial charge on any atom is -0.376 e. The highest BCUT2D eigenvalue weighted by atomic mass is 35.5. The molecule has 1 aromatic rings. The van der Waals surface area contributed by atoms with Crippen LogP contribution in [-0.4, -0.2) is 6.61 Å². The summed E-state index contributed by atoms with van der Waals surface area (Å²) in [4.78, 5) is 0. The molecule has 0 fully saturated rings. The topological polar surface area (TPSA) is 9.23 Å². The third-order valence-electron chi connectivity index (χ3n) is 2.66. The van der Waals surface area contributed by atoms with Crippen LogP contribution in [0.4, 0.5) is 0 Å². The summed E-state index contributed by atoms with van der Waals surface area (Å²) in [6.45, 7) is 7.97. The van der Waals surface area contributed by atoms with Crippen LogP contribution in [0.25, 0.3) is 0 Å². The third kappa shape index (κ3) is 4.23. The van der Waals surface area contributed by atoms with Crippen LogP contribution >= 0.6 is 11.6 Å². The Morgan fingerprint density at radius 1 is 1.40 bits per heavy atom. The average molecular weight is 227 g/mol. The molecular formula is C13H19ClO. The van der Waals surface area contributed by atoms with Gasteiger partial charge in [-0.15, -0.1) is 0 Å².